The van der Waals surface area contributed by atoms with Gasteiger partial charge in [-0.25, -0.2) is 0 Å². The molecule has 0 unspecified atom stereocenters. The molecule has 0 aliphatic carbocycles. The number of hydrogen-bond donors (Lipinski definition) is 1. The molecule has 0 saturated heterocycles. The summed E-state index contributed by atoms with van der Waals surface area (Å²) in [7, 11) is 1.90. The van der Waals surface area contributed by atoms with Crippen molar-refractivity contribution in [2.45, 2.75) is 16.6 Å². The first-order valence-electron chi connectivity index (χ1n) is 8.67. The largest absolute Gasteiger partial charge is 0.322 e. The summed E-state index contributed by atoms with van der Waals surface area (Å²) in [5.74, 6) is -0.139. The fraction of sp³-hybridized carbons (Fsp3) is 0.100. The van der Waals surface area contributed by atoms with Crippen LogP contribution in [0.15, 0.2) is 83.4 Å². The highest BCUT2D eigenvalue weighted by atomic mass is 32.2. The lowest BCUT2D eigenvalue weighted by Gasteiger charge is -2.08. The first kappa shape index (κ1) is 18.0. The maximum Gasteiger partial charge on any atom is 0.255 e. The number of carbonyl (C=O) groups is 1. The standard InChI is InChI=1S/C20H18N6OS/c1-25-14-21-24-20(25)28-18-9-7-17(8-10-18)23-19(27)16-5-3-15(4-6-16)13-26-12-2-11-22-26/h2-12,14H,13H2,1H3,(H,23,27). The lowest BCUT2D eigenvalue weighted by Crippen LogP contribution is -2.12. The van der Waals surface area contributed by atoms with Crippen LogP contribution < -0.4 is 5.32 Å². The van der Waals surface area contributed by atoms with E-state index in [0.29, 0.717) is 12.1 Å². The lowest BCUT2D eigenvalue weighted by molar-refractivity contribution is 0.102. The molecule has 0 aliphatic heterocycles. The topological polar surface area (TPSA) is 77.6 Å². The van der Waals surface area contributed by atoms with Crippen LogP contribution in [0.4, 0.5) is 5.69 Å². The van der Waals surface area contributed by atoms with E-state index in [2.05, 4.69) is 20.6 Å². The summed E-state index contributed by atoms with van der Waals surface area (Å²) < 4.78 is 3.70. The van der Waals surface area contributed by atoms with Gasteiger partial charge in [0.05, 0.1) is 6.54 Å². The molecule has 4 aromatic rings. The van der Waals surface area contributed by atoms with Crippen molar-refractivity contribution in [3.63, 3.8) is 0 Å². The zero-order chi connectivity index (χ0) is 19.3. The number of nitrogens with one attached hydrogen (secondary N) is 1. The predicted molar refractivity (Wildman–Crippen MR) is 107 cm³/mol. The summed E-state index contributed by atoms with van der Waals surface area (Å²) in [6.07, 6.45) is 5.32. The maximum atomic E-state index is 12.5. The number of anilines is 1. The second kappa shape index (κ2) is 8.10. The SMILES string of the molecule is Cn1cnnc1Sc1ccc(NC(=O)c2ccc(Cn3cccn3)cc2)cc1. The van der Waals surface area contributed by atoms with Gasteiger partial charge in [0.25, 0.3) is 5.91 Å². The van der Waals surface area contributed by atoms with Gasteiger partial charge in [0.15, 0.2) is 5.16 Å². The van der Waals surface area contributed by atoms with E-state index in [-0.39, 0.29) is 5.91 Å². The third-order valence-corrected chi connectivity index (χ3v) is 5.17. The number of benzene rings is 2. The highest BCUT2D eigenvalue weighted by molar-refractivity contribution is 7.99. The van der Waals surface area contributed by atoms with Crippen molar-refractivity contribution in [2.75, 3.05) is 5.32 Å². The van der Waals surface area contributed by atoms with Crippen molar-refractivity contribution in [3.8, 4) is 0 Å². The Morgan fingerprint density at radius 2 is 1.89 bits per heavy atom. The fourth-order valence-electron chi connectivity index (χ4n) is 2.62. The van der Waals surface area contributed by atoms with E-state index < -0.39 is 0 Å². The molecule has 1 N–H and O–H groups in total. The Bertz CT molecular complexity index is 1060. The molecule has 0 aliphatic rings. The average Bonchev–Trinajstić information content (AvgIpc) is 3.36. The minimum absolute atomic E-state index is 0.139. The Balaban J connectivity index is 1.37. The van der Waals surface area contributed by atoms with Crippen molar-refractivity contribution >= 4 is 23.4 Å². The number of amides is 1. The summed E-state index contributed by atoms with van der Waals surface area (Å²) in [5.41, 5.74) is 2.44. The molecule has 2 aromatic carbocycles. The second-order valence-electron chi connectivity index (χ2n) is 6.21. The Morgan fingerprint density at radius 3 is 2.54 bits per heavy atom. The highest BCUT2D eigenvalue weighted by Gasteiger charge is 2.08. The van der Waals surface area contributed by atoms with Crippen LogP contribution in [0.3, 0.4) is 0 Å². The summed E-state index contributed by atoms with van der Waals surface area (Å²) in [6.45, 7) is 0.680. The van der Waals surface area contributed by atoms with Crippen molar-refractivity contribution in [2.24, 2.45) is 7.05 Å². The van der Waals surface area contributed by atoms with Gasteiger partial charge in [0.2, 0.25) is 0 Å². The van der Waals surface area contributed by atoms with Gasteiger partial charge in [-0.15, -0.1) is 10.2 Å². The summed E-state index contributed by atoms with van der Waals surface area (Å²) in [4.78, 5) is 13.5. The molecule has 0 fully saturated rings. The third kappa shape index (κ3) is 4.29. The molecule has 140 valence electrons. The van der Waals surface area contributed by atoms with Gasteiger partial charge in [-0.3, -0.25) is 9.48 Å². The summed E-state index contributed by atoms with van der Waals surface area (Å²) in [6, 6.07) is 17.1. The molecule has 0 spiro atoms. The summed E-state index contributed by atoms with van der Waals surface area (Å²) in [5, 5.41) is 15.8. The molecule has 2 heterocycles. The van der Waals surface area contributed by atoms with Gasteiger partial charge in [0.1, 0.15) is 6.33 Å². The summed E-state index contributed by atoms with van der Waals surface area (Å²) >= 11 is 1.52. The number of nitrogens with zero attached hydrogens (tertiary/aromatic N) is 5. The first-order valence-corrected chi connectivity index (χ1v) is 9.49. The van der Waals surface area contributed by atoms with E-state index in [1.54, 1.807) is 12.5 Å². The quantitative estimate of drug-likeness (QED) is 0.545. The molecule has 7 nitrogen and oxygen atoms in total. The zero-order valence-corrected chi connectivity index (χ0v) is 16.0. The second-order valence-corrected chi connectivity index (χ2v) is 7.25. The molecule has 8 heteroatoms. The van der Waals surface area contributed by atoms with Crippen LogP contribution in [-0.2, 0) is 13.6 Å². The number of aromatic nitrogens is 5. The molecule has 2 aromatic heterocycles. The molecule has 28 heavy (non-hydrogen) atoms. The number of hydrogen-bond acceptors (Lipinski definition) is 5. The van der Waals surface area contributed by atoms with Crippen LogP contribution in [0.5, 0.6) is 0 Å². The molecule has 0 bridgehead atoms. The lowest BCUT2D eigenvalue weighted by atomic mass is 10.1. The number of carbonyl (C=O) groups excluding carboxylic acids is 1. The van der Waals surface area contributed by atoms with Gasteiger partial charge in [-0.05, 0) is 59.8 Å². The predicted octanol–water partition coefficient (Wildman–Crippen LogP) is 3.46. The molecule has 1 amide bonds. The van der Waals surface area contributed by atoms with Crippen LogP contribution in [0.2, 0.25) is 0 Å². The van der Waals surface area contributed by atoms with Crippen LogP contribution in [-0.4, -0.2) is 30.5 Å². The van der Waals surface area contributed by atoms with E-state index in [1.165, 1.54) is 11.8 Å². The van der Waals surface area contributed by atoms with Gasteiger partial charge in [-0.1, -0.05) is 12.1 Å². The van der Waals surface area contributed by atoms with Crippen molar-refractivity contribution in [1.29, 1.82) is 0 Å². The smallest absolute Gasteiger partial charge is 0.255 e. The van der Waals surface area contributed by atoms with Crippen molar-refractivity contribution < 1.29 is 4.79 Å². The molecule has 4 rings (SSSR count). The van der Waals surface area contributed by atoms with Crippen LogP contribution in [0, 0.1) is 0 Å². The van der Waals surface area contributed by atoms with E-state index in [0.717, 1.165) is 21.3 Å². The normalized spacial score (nSPS) is 10.8. The molecule has 0 atom stereocenters. The zero-order valence-electron chi connectivity index (χ0n) is 15.2. The van der Waals surface area contributed by atoms with Gasteiger partial charge in [-0.2, -0.15) is 5.10 Å². The first-order chi connectivity index (χ1) is 13.7. The minimum atomic E-state index is -0.139. The minimum Gasteiger partial charge on any atom is -0.322 e. The molecular weight excluding hydrogens is 372 g/mol. The van der Waals surface area contributed by atoms with E-state index >= 15 is 0 Å². The Morgan fingerprint density at radius 1 is 1.11 bits per heavy atom. The van der Waals surface area contributed by atoms with E-state index in [4.69, 9.17) is 0 Å². The number of aryl methyl sites for hydroxylation is 1. The molecular formula is C20H18N6OS. The van der Waals surface area contributed by atoms with E-state index in [9.17, 15) is 4.79 Å². The number of rotatable bonds is 6. The maximum absolute atomic E-state index is 12.5. The van der Waals surface area contributed by atoms with Crippen LogP contribution >= 0.6 is 11.8 Å². The van der Waals surface area contributed by atoms with Gasteiger partial charge >= 0.3 is 0 Å². The Kier molecular flexibility index (Phi) is 5.20. The molecule has 0 saturated carbocycles. The Hall–Kier alpha value is -3.39. The van der Waals surface area contributed by atoms with Gasteiger partial charge in [0, 0.05) is 35.6 Å². The van der Waals surface area contributed by atoms with Crippen molar-refractivity contribution in [1.82, 2.24) is 24.5 Å². The highest BCUT2D eigenvalue weighted by Crippen LogP contribution is 2.26. The molecule has 0 radical (unpaired) electrons. The van der Waals surface area contributed by atoms with E-state index in [1.807, 2.05) is 77.1 Å². The van der Waals surface area contributed by atoms with Crippen molar-refractivity contribution in [3.05, 3.63) is 84.4 Å². The van der Waals surface area contributed by atoms with Crippen LogP contribution in [0.1, 0.15) is 15.9 Å². The fourth-order valence-corrected chi connectivity index (χ4v) is 3.38. The van der Waals surface area contributed by atoms with Crippen LogP contribution in [0.25, 0.3) is 0 Å². The monoisotopic (exact) mass is 390 g/mol. The van der Waals surface area contributed by atoms with Gasteiger partial charge < -0.3 is 9.88 Å². The third-order valence-electron chi connectivity index (χ3n) is 4.11. The Labute approximate surface area is 166 Å². The average molecular weight is 390 g/mol.